The Morgan fingerprint density at radius 1 is 1.25 bits per heavy atom. The molecule has 0 aromatic heterocycles. The second kappa shape index (κ2) is 6.15. The predicted octanol–water partition coefficient (Wildman–Crippen LogP) is -0.697. The summed E-state index contributed by atoms with van der Waals surface area (Å²) in [5.41, 5.74) is 0. The average molecular weight is 240 g/mol. The maximum absolute atomic E-state index is 8.88. The molecule has 0 aliphatic heterocycles. The monoisotopic (exact) mass is 240 g/mol. The average Bonchev–Trinajstić information content (AvgIpc) is 1.54. The van der Waals surface area contributed by atoms with Gasteiger partial charge in [0.25, 0.3) is 0 Å². The number of rotatable bonds is 2. The third-order valence-corrected chi connectivity index (χ3v) is 1.21. The van der Waals surface area contributed by atoms with Crippen molar-refractivity contribution in [1.82, 2.24) is 0 Å². The Bertz CT molecular complexity index is 183. The summed E-state index contributed by atoms with van der Waals surface area (Å²) in [6, 6.07) is 0. The van der Waals surface area contributed by atoms with Crippen molar-refractivity contribution in [3.05, 3.63) is 0 Å². The van der Waals surface area contributed by atoms with E-state index in [0.29, 0.717) is 0 Å². The fourth-order valence-corrected chi connectivity index (χ4v) is 0.821. The molecule has 0 saturated carbocycles. The van der Waals surface area contributed by atoms with Crippen molar-refractivity contribution in [1.29, 1.82) is 0 Å². The van der Waals surface area contributed by atoms with E-state index in [1.54, 1.807) is 6.92 Å². The van der Waals surface area contributed by atoms with Gasteiger partial charge < -0.3 is 29.0 Å². The van der Waals surface area contributed by atoms with E-state index >= 15 is 0 Å². The smallest absolute Gasteiger partial charge is 0.325 e. The normalized spacial score (nSPS) is 11.8. The van der Waals surface area contributed by atoms with E-state index in [1.807, 2.05) is 0 Å². The van der Waals surface area contributed by atoms with Gasteiger partial charge in [-0.3, -0.25) is 0 Å². The molecule has 0 fully saturated rings. The van der Waals surface area contributed by atoms with E-state index in [-0.39, 0.29) is 6.61 Å². The second-order valence-electron chi connectivity index (χ2n) is 1.42. The lowest BCUT2D eigenvalue weighted by Gasteiger charge is -2.02. The molecule has 0 amide bonds. The molecule has 0 bridgehead atoms. The van der Waals surface area contributed by atoms with Crippen LogP contribution in [0.2, 0.25) is 0 Å². The van der Waals surface area contributed by atoms with Crippen molar-refractivity contribution >= 4 is 26.3 Å². The van der Waals surface area contributed by atoms with E-state index in [0.717, 1.165) is 0 Å². The molecule has 0 rings (SSSR count). The van der Waals surface area contributed by atoms with Crippen LogP contribution in [0, 0.1) is 0 Å². The lowest BCUT2D eigenvalue weighted by atomic mass is 10.9. The van der Waals surface area contributed by atoms with Gasteiger partial charge in [0, 0.05) is 0 Å². The van der Waals surface area contributed by atoms with Gasteiger partial charge in [-0.05, 0) is 18.7 Å². The molecule has 5 N–H and O–H groups in total. The van der Waals surface area contributed by atoms with Gasteiger partial charge in [-0.25, -0.2) is 4.57 Å². The van der Waals surface area contributed by atoms with Crippen LogP contribution in [-0.2, 0) is 20.9 Å². The summed E-state index contributed by atoms with van der Waals surface area (Å²) in [7, 11) is -4.64. The van der Waals surface area contributed by atoms with Gasteiger partial charge in [-0.2, -0.15) is 0 Å². The number of hydrogen-bond acceptors (Lipinski definition) is 3. The summed E-state index contributed by atoms with van der Waals surface area (Å²) < 4.78 is 13.1. The Hall–Kier alpha value is 0.640. The van der Waals surface area contributed by atoms with Gasteiger partial charge in [0.1, 0.15) is 0 Å². The van der Waals surface area contributed by atoms with Crippen LogP contribution in [0.5, 0.6) is 0 Å². The molecule has 0 spiro atoms. The third-order valence-electron chi connectivity index (χ3n) is 0.297. The molecule has 0 aliphatic rings. The van der Waals surface area contributed by atoms with Crippen molar-refractivity contribution in [3.63, 3.8) is 0 Å². The fourth-order valence-electron chi connectivity index (χ4n) is 0.168. The highest BCUT2D eigenvalue weighted by Gasteiger charge is 2.03. The van der Waals surface area contributed by atoms with Gasteiger partial charge in [0.2, 0.25) is 0 Å². The molecular weight excluding hydrogens is 230 g/mol. The minimum atomic E-state index is -4.64. The standard InChI is InChI=1S/C2H7O3PS.H3O4P/c1-2-5-6(3,4)7;1-5(2,3)4/h2H2,1H3,(H2,3,4,7);(H3,1,2,3,4). The first kappa shape index (κ1) is 15.1. The Morgan fingerprint density at radius 2 is 1.50 bits per heavy atom. The van der Waals surface area contributed by atoms with E-state index in [1.165, 1.54) is 0 Å². The van der Waals surface area contributed by atoms with Crippen molar-refractivity contribution in [2.45, 2.75) is 6.92 Å². The molecule has 10 heteroatoms. The van der Waals surface area contributed by atoms with E-state index < -0.39 is 14.5 Å². The molecule has 0 radical (unpaired) electrons. The quantitative estimate of drug-likeness (QED) is 0.401. The maximum Gasteiger partial charge on any atom is 0.466 e. The van der Waals surface area contributed by atoms with Crippen molar-refractivity contribution < 1.29 is 33.6 Å². The minimum Gasteiger partial charge on any atom is -0.325 e. The Morgan fingerprint density at radius 3 is 1.50 bits per heavy atom. The molecule has 76 valence electrons. The summed E-state index contributed by atoms with van der Waals surface area (Å²) >= 11 is 4.08. The van der Waals surface area contributed by atoms with Gasteiger partial charge in [0.05, 0.1) is 6.61 Å². The van der Waals surface area contributed by atoms with E-state index in [4.69, 9.17) is 29.0 Å². The Labute approximate surface area is 74.1 Å². The zero-order valence-corrected chi connectivity index (χ0v) is 8.67. The molecule has 0 aliphatic carbocycles. The summed E-state index contributed by atoms with van der Waals surface area (Å²) in [6.07, 6.45) is 0. The molecule has 12 heavy (non-hydrogen) atoms. The summed E-state index contributed by atoms with van der Waals surface area (Å²) in [5.74, 6) is 0. The first-order chi connectivity index (χ1) is 5.06. The summed E-state index contributed by atoms with van der Waals surface area (Å²) in [5, 5.41) is 0. The van der Waals surface area contributed by atoms with Crippen molar-refractivity contribution in [3.8, 4) is 0 Å². The lowest BCUT2D eigenvalue weighted by molar-refractivity contribution is 0.265. The van der Waals surface area contributed by atoms with Gasteiger partial charge in [0.15, 0.2) is 0 Å². The van der Waals surface area contributed by atoms with Crippen LogP contribution in [0.4, 0.5) is 0 Å². The molecule has 0 saturated heterocycles. The van der Waals surface area contributed by atoms with Gasteiger partial charge in [-0.1, -0.05) is 0 Å². The minimum absolute atomic E-state index is 0.254. The zero-order valence-electron chi connectivity index (χ0n) is 6.06. The second-order valence-corrected chi connectivity index (χ2v) is 5.11. The zero-order chi connectivity index (χ0) is 10.4. The highest BCUT2D eigenvalue weighted by molar-refractivity contribution is 8.06. The van der Waals surface area contributed by atoms with Crippen molar-refractivity contribution in [2.24, 2.45) is 0 Å². The first-order valence-corrected chi connectivity index (χ1v) is 6.73. The van der Waals surface area contributed by atoms with Crippen LogP contribution in [0.15, 0.2) is 0 Å². The predicted molar refractivity (Wildman–Crippen MR) is 44.6 cm³/mol. The first-order valence-electron chi connectivity index (χ1n) is 2.54. The highest BCUT2D eigenvalue weighted by Crippen LogP contribution is 2.35. The summed E-state index contributed by atoms with van der Waals surface area (Å²) in [4.78, 5) is 38.1. The van der Waals surface area contributed by atoms with Crippen LogP contribution in [0.1, 0.15) is 6.92 Å². The van der Waals surface area contributed by atoms with Crippen LogP contribution < -0.4 is 0 Å². The van der Waals surface area contributed by atoms with Crippen molar-refractivity contribution in [2.75, 3.05) is 6.61 Å². The largest absolute Gasteiger partial charge is 0.466 e. The van der Waals surface area contributed by atoms with Gasteiger partial charge >= 0.3 is 14.5 Å². The molecule has 0 atom stereocenters. The fraction of sp³-hybridized carbons (Fsp3) is 1.00. The maximum atomic E-state index is 8.88. The van der Waals surface area contributed by atoms with Crippen LogP contribution >= 0.6 is 14.5 Å². The van der Waals surface area contributed by atoms with Crippen LogP contribution in [0.25, 0.3) is 0 Å². The Balaban J connectivity index is 0. The molecule has 7 nitrogen and oxygen atoms in total. The number of phosphoric acid groups is 1. The topological polar surface area (TPSA) is 127 Å². The van der Waals surface area contributed by atoms with Gasteiger partial charge in [-0.15, -0.1) is 0 Å². The SMILES string of the molecule is CCOP(O)(O)=S.O=P(O)(O)O. The number of hydrogen-bond donors (Lipinski definition) is 5. The van der Waals surface area contributed by atoms with Crippen LogP contribution in [-0.4, -0.2) is 31.1 Å². The molecule has 0 aromatic rings. The molecule has 0 aromatic carbocycles. The lowest BCUT2D eigenvalue weighted by Crippen LogP contribution is -1.84. The molecule has 0 unspecified atom stereocenters. The van der Waals surface area contributed by atoms with Crippen LogP contribution in [0.3, 0.4) is 0 Å². The molecule has 0 heterocycles. The molecular formula is C2H10O7P2S. The van der Waals surface area contributed by atoms with E-state index in [2.05, 4.69) is 16.3 Å². The summed E-state index contributed by atoms with van der Waals surface area (Å²) in [6.45, 7) is -1.43. The Kier molecular flexibility index (Phi) is 7.75. The highest BCUT2D eigenvalue weighted by atomic mass is 32.5. The third kappa shape index (κ3) is 45.9. The van der Waals surface area contributed by atoms with E-state index in [9.17, 15) is 0 Å².